The van der Waals surface area contributed by atoms with Crippen LogP contribution in [0.15, 0.2) is 29.4 Å². The van der Waals surface area contributed by atoms with E-state index in [1.807, 2.05) is 13.8 Å². The molecule has 4 N–H and O–H groups in total. The minimum atomic E-state index is -0.820. The second kappa shape index (κ2) is 8.15. The molecule has 2 aromatic carbocycles. The second-order valence-corrected chi connectivity index (χ2v) is 6.17. The molecular formula is C16H14ClF2N5OS. The lowest BCUT2D eigenvalue weighted by Gasteiger charge is -2.07. The Morgan fingerprint density at radius 2 is 2.00 bits per heavy atom. The third-order valence-electron chi connectivity index (χ3n) is 3.12. The number of carbonyl (C=O) groups excluding carboxylic acids is 1. The van der Waals surface area contributed by atoms with Crippen LogP contribution in [-0.2, 0) is 0 Å². The highest BCUT2D eigenvalue weighted by atomic mass is 35.5. The quantitative estimate of drug-likeness (QED) is 0.387. The lowest BCUT2D eigenvalue weighted by Crippen LogP contribution is -2.14. The zero-order valence-electron chi connectivity index (χ0n) is 13.7. The molecule has 0 aliphatic rings. The van der Waals surface area contributed by atoms with Crippen molar-refractivity contribution in [3.63, 3.8) is 0 Å². The normalized spacial score (nSPS) is 10.2. The Bertz CT molecular complexity index is 992. The molecule has 0 saturated carbocycles. The summed E-state index contributed by atoms with van der Waals surface area (Å²) in [7, 11) is 0. The summed E-state index contributed by atoms with van der Waals surface area (Å²) < 4.78 is 27.1. The minimum Gasteiger partial charge on any atom is -0.396 e. The highest BCUT2D eigenvalue weighted by Crippen LogP contribution is 2.32. The Morgan fingerprint density at radius 1 is 1.31 bits per heavy atom. The van der Waals surface area contributed by atoms with Crippen molar-refractivity contribution >= 4 is 55.6 Å². The van der Waals surface area contributed by atoms with E-state index in [1.165, 1.54) is 12.1 Å². The van der Waals surface area contributed by atoms with Crippen LogP contribution in [0.4, 0.5) is 25.3 Å². The molecule has 0 unspecified atom stereocenters. The number of nitrogens with two attached hydrogens (primary N) is 1. The van der Waals surface area contributed by atoms with Gasteiger partial charge in [0.2, 0.25) is 0 Å². The predicted octanol–water partition coefficient (Wildman–Crippen LogP) is 5.75. The van der Waals surface area contributed by atoms with Gasteiger partial charge in [0.1, 0.15) is 17.0 Å². The maximum atomic E-state index is 13.7. The fraction of sp³-hybridized carbons (Fsp3) is 0.125. The minimum absolute atomic E-state index is 0.000548. The van der Waals surface area contributed by atoms with Crippen molar-refractivity contribution < 1.29 is 13.6 Å². The molecule has 0 saturated heterocycles. The van der Waals surface area contributed by atoms with Crippen molar-refractivity contribution in [3.05, 3.63) is 46.5 Å². The summed E-state index contributed by atoms with van der Waals surface area (Å²) in [6.45, 7) is 4.00. The van der Waals surface area contributed by atoms with Crippen LogP contribution in [0, 0.1) is 17.2 Å². The van der Waals surface area contributed by atoms with Crippen molar-refractivity contribution in [2.24, 2.45) is 5.11 Å². The van der Waals surface area contributed by atoms with Gasteiger partial charge in [0, 0.05) is 11.1 Å². The number of nitrogens with one attached hydrogen (secondary N) is 2. The van der Waals surface area contributed by atoms with Crippen LogP contribution >= 0.6 is 22.9 Å². The van der Waals surface area contributed by atoms with Gasteiger partial charge in [0.15, 0.2) is 10.9 Å². The Morgan fingerprint density at radius 3 is 2.65 bits per heavy atom. The van der Waals surface area contributed by atoms with E-state index in [0.717, 1.165) is 17.4 Å². The first-order valence-electron chi connectivity index (χ1n) is 7.42. The zero-order valence-corrected chi connectivity index (χ0v) is 15.3. The van der Waals surface area contributed by atoms with Crippen molar-refractivity contribution in [2.75, 3.05) is 11.1 Å². The number of hydrogen-bond donors (Lipinski definition) is 3. The summed E-state index contributed by atoms with van der Waals surface area (Å²) in [5, 5.41) is 5.90. The van der Waals surface area contributed by atoms with Crippen LogP contribution in [0.2, 0.25) is 5.02 Å². The van der Waals surface area contributed by atoms with E-state index in [-0.39, 0.29) is 37.3 Å². The van der Waals surface area contributed by atoms with Crippen molar-refractivity contribution in [2.45, 2.75) is 13.8 Å². The van der Waals surface area contributed by atoms with E-state index in [4.69, 9.17) is 22.9 Å². The first kappa shape index (κ1) is 19.7. The molecule has 6 nitrogen and oxygen atoms in total. The number of fused-ring (bicyclic) bond motifs is 1. The van der Waals surface area contributed by atoms with Crippen molar-refractivity contribution in [1.82, 2.24) is 4.98 Å². The number of nitrogen functional groups attached to an aromatic ring is 1. The van der Waals surface area contributed by atoms with E-state index >= 15 is 0 Å². The fourth-order valence-electron chi connectivity index (χ4n) is 2.06. The largest absolute Gasteiger partial charge is 0.396 e. The lowest BCUT2D eigenvalue weighted by molar-refractivity contribution is 0.102. The first-order valence-corrected chi connectivity index (χ1v) is 8.62. The lowest BCUT2D eigenvalue weighted by atomic mass is 10.1. The van der Waals surface area contributed by atoms with E-state index in [1.54, 1.807) is 0 Å². The number of halogens is 3. The van der Waals surface area contributed by atoms with E-state index < -0.39 is 17.5 Å². The molecule has 1 amide bonds. The summed E-state index contributed by atoms with van der Waals surface area (Å²) in [6.07, 6.45) is 0. The molecule has 1 aromatic heterocycles. The van der Waals surface area contributed by atoms with Gasteiger partial charge in [-0.3, -0.25) is 10.1 Å². The van der Waals surface area contributed by atoms with Gasteiger partial charge in [-0.25, -0.2) is 19.3 Å². The van der Waals surface area contributed by atoms with Gasteiger partial charge in [-0.1, -0.05) is 36.8 Å². The van der Waals surface area contributed by atoms with Gasteiger partial charge in [-0.2, -0.15) is 5.11 Å². The highest BCUT2D eigenvalue weighted by Gasteiger charge is 2.17. The van der Waals surface area contributed by atoms with Crippen LogP contribution in [0.25, 0.3) is 10.2 Å². The summed E-state index contributed by atoms with van der Waals surface area (Å²) in [5.74, 6) is -2.21. The van der Waals surface area contributed by atoms with Gasteiger partial charge in [0.05, 0.1) is 16.0 Å². The van der Waals surface area contributed by atoms with Crippen molar-refractivity contribution in [3.8, 4) is 0 Å². The molecule has 3 rings (SSSR count). The summed E-state index contributed by atoms with van der Waals surface area (Å²) in [4.78, 5) is 16.3. The van der Waals surface area contributed by atoms with Crippen LogP contribution in [0.5, 0.6) is 0 Å². The zero-order chi connectivity index (χ0) is 19.4. The molecule has 0 aliphatic carbocycles. The molecule has 1 heterocycles. The number of rotatable bonds is 3. The molecule has 0 spiro atoms. The molecule has 0 atom stereocenters. The summed E-state index contributed by atoms with van der Waals surface area (Å²) >= 11 is 6.78. The fourth-order valence-corrected chi connectivity index (χ4v) is 3.17. The van der Waals surface area contributed by atoms with E-state index in [2.05, 4.69) is 15.4 Å². The number of carbonyl (C=O) groups is 1. The first-order chi connectivity index (χ1) is 12.4. The summed E-state index contributed by atoms with van der Waals surface area (Å²) in [5.41, 5.74) is 12.8. The van der Waals surface area contributed by atoms with Crippen molar-refractivity contribution in [1.29, 1.82) is 5.53 Å². The monoisotopic (exact) mass is 397 g/mol. The molecule has 10 heteroatoms. The molecule has 136 valence electrons. The smallest absolute Gasteiger partial charge is 0.259 e. The maximum absolute atomic E-state index is 13.7. The predicted molar refractivity (Wildman–Crippen MR) is 99.5 cm³/mol. The molecule has 0 fully saturated rings. The highest BCUT2D eigenvalue weighted by molar-refractivity contribution is 7.22. The van der Waals surface area contributed by atoms with Gasteiger partial charge in [-0.15, -0.1) is 0 Å². The van der Waals surface area contributed by atoms with Crippen LogP contribution in [0.1, 0.15) is 24.2 Å². The number of nitrogens with zero attached hydrogens (tertiary/aromatic N) is 2. The van der Waals surface area contributed by atoms with Gasteiger partial charge < -0.3 is 5.73 Å². The van der Waals surface area contributed by atoms with Gasteiger partial charge >= 0.3 is 0 Å². The Kier molecular flexibility index (Phi) is 6.17. The number of aromatic nitrogens is 1. The average molecular weight is 398 g/mol. The number of thiazole rings is 1. The SMILES string of the molecule is CC.N=Nc1cc(Cl)cc(C(=O)Nc2nc3c(F)cc(F)cc3s2)c1N. The molecule has 0 aliphatic heterocycles. The van der Waals surface area contributed by atoms with Gasteiger partial charge in [0.25, 0.3) is 5.91 Å². The molecule has 26 heavy (non-hydrogen) atoms. The number of benzene rings is 2. The van der Waals surface area contributed by atoms with Crippen LogP contribution < -0.4 is 11.1 Å². The summed E-state index contributed by atoms with van der Waals surface area (Å²) in [6, 6.07) is 4.49. The number of amides is 1. The molecular weight excluding hydrogens is 384 g/mol. The topological polar surface area (TPSA) is 104 Å². The number of hydrogen-bond acceptors (Lipinski definition) is 6. The Labute approximate surface area is 156 Å². The number of anilines is 2. The average Bonchev–Trinajstić information content (AvgIpc) is 3.00. The Hall–Kier alpha value is -2.65. The maximum Gasteiger partial charge on any atom is 0.259 e. The Balaban J connectivity index is 0.00000117. The second-order valence-electron chi connectivity index (χ2n) is 4.71. The van der Waals surface area contributed by atoms with Crippen LogP contribution in [0.3, 0.4) is 0 Å². The standard InChI is InChI=1S/C14H8ClF2N5OS.C2H6/c15-5-1-7(11(18)9(2-5)22-19)13(23)21-14-20-12-8(17)3-6(16)4-10(12)24-14;1-2/h1-4,19H,18H2,(H,20,21,23);1-2H3. The van der Waals surface area contributed by atoms with Gasteiger partial charge in [-0.05, 0) is 18.2 Å². The molecule has 0 bridgehead atoms. The van der Waals surface area contributed by atoms with Crippen LogP contribution in [-0.4, -0.2) is 10.9 Å². The third kappa shape index (κ3) is 3.94. The van der Waals surface area contributed by atoms with E-state index in [9.17, 15) is 13.6 Å². The third-order valence-corrected chi connectivity index (χ3v) is 4.26. The molecule has 0 radical (unpaired) electrons. The van der Waals surface area contributed by atoms with E-state index in [0.29, 0.717) is 6.07 Å². The molecule has 3 aromatic rings.